The third-order valence-electron chi connectivity index (χ3n) is 8.23. The molecule has 1 aliphatic heterocycles. The summed E-state index contributed by atoms with van der Waals surface area (Å²) in [5.74, 6) is -8.76. The number of pyridine rings is 1. The van der Waals surface area contributed by atoms with E-state index in [0.717, 1.165) is 35.0 Å². The number of alkyl halides is 3. The standard InChI is InChI=1S/C28H26F4N6OS.C8H6F3NO/c1-16-5-6-18(12-20(16)35-28-36-21(15-40-28)17-4-3-7-33-13-17)34-27(39)22-25(31)23(29)19(24(30)26(22)32)14-38-10-8-37(2)9-11-38;9-8(10,11)6-3-1-2-5(4-6)7(12)13/h3-7,12-13,15H,8-11,14H2,1-2H3,(H,34,39)(H,35,36);1-4H,(H2,12,13). The predicted molar refractivity (Wildman–Crippen MR) is 187 cm³/mol. The molecule has 9 nitrogen and oxygen atoms in total. The van der Waals surface area contributed by atoms with Gasteiger partial charge in [0.05, 0.1) is 11.3 Å². The minimum atomic E-state index is -4.44. The highest BCUT2D eigenvalue weighted by Gasteiger charge is 2.32. The number of hydrogen-bond donors (Lipinski definition) is 3. The summed E-state index contributed by atoms with van der Waals surface area (Å²) in [6.45, 7) is 3.85. The van der Waals surface area contributed by atoms with Gasteiger partial charge in [-0.25, -0.2) is 22.5 Å². The van der Waals surface area contributed by atoms with Crippen molar-refractivity contribution in [2.24, 2.45) is 5.73 Å². The largest absolute Gasteiger partial charge is 0.416 e. The van der Waals surface area contributed by atoms with Gasteiger partial charge in [-0.2, -0.15) is 13.2 Å². The van der Waals surface area contributed by atoms with Gasteiger partial charge < -0.3 is 21.3 Å². The number of thiazole rings is 1. The zero-order valence-electron chi connectivity index (χ0n) is 28.2. The molecule has 5 aromatic rings. The van der Waals surface area contributed by atoms with Crippen LogP contribution in [0.25, 0.3) is 11.3 Å². The van der Waals surface area contributed by atoms with Gasteiger partial charge >= 0.3 is 6.18 Å². The number of benzene rings is 3. The monoisotopic (exact) mass is 759 g/mol. The van der Waals surface area contributed by atoms with Gasteiger partial charge in [-0.3, -0.25) is 19.5 Å². The number of rotatable bonds is 8. The van der Waals surface area contributed by atoms with Crippen LogP contribution in [0.3, 0.4) is 0 Å². The second-order valence-corrected chi connectivity index (χ2v) is 12.9. The van der Waals surface area contributed by atoms with Gasteiger partial charge in [-0.05, 0) is 62.0 Å². The number of hydrogen-bond acceptors (Lipinski definition) is 8. The van der Waals surface area contributed by atoms with Crippen molar-refractivity contribution < 1.29 is 40.3 Å². The molecule has 278 valence electrons. The third kappa shape index (κ3) is 9.54. The zero-order valence-corrected chi connectivity index (χ0v) is 29.0. The van der Waals surface area contributed by atoms with Crippen LogP contribution >= 0.6 is 11.3 Å². The summed E-state index contributed by atoms with van der Waals surface area (Å²) >= 11 is 1.36. The number of likely N-dealkylation sites (N-methyl/N-ethyl adjacent to an activating group) is 1. The van der Waals surface area contributed by atoms with Crippen LogP contribution in [0, 0.1) is 30.2 Å². The highest BCUT2D eigenvalue weighted by atomic mass is 32.1. The number of nitrogens with two attached hydrogens (primary N) is 1. The molecule has 17 heteroatoms. The molecule has 53 heavy (non-hydrogen) atoms. The van der Waals surface area contributed by atoms with Gasteiger partial charge in [-0.1, -0.05) is 12.1 Å². The minimum absolute atomic E-state index is 0.144. The molecular formula is C36H32F7N7O2S. The number of aryl methyl sites for hydroxylation is 1. The van der Waals surface area contributed by atoms with E-state index in [4.69, 9.17) is 5.73 Å². The SMILES string of the molecule is Cc1ccc(NC(=O)c2c(F)c(F)c(CN3CCN(C)CC3)c(F)c2F)cc1Nc1nc(-c2cccnc2)cs1.NC(=O)c1cccc(C(F)(F)F)c1. The van der Waals surface area contributed by atoms with Crippen molar-refractivity contribution in [3.8, 4) is 11.3 Å². The molecule has 2 amide bonds. The Bertz CT molecular complexity index is 2080. The van der Waals surface area contributed by atoms with Crippen molar-refractivity contribution in [3.63, 3.8) is 0 Å². The lowest BCUT2D eigenvalue weighted by molar-refractivity contribution is -0.137. The molecule has 0 unspecified atom stereocenters. The number of primary amides is 1. The molecule has 1 fully saturated rings. The van der Waals surface area contributed by atoms with Crippen LogP contribution < -0.4 is 16.4 Å². The van der Waals surface area contributed by atoms with Gasteiger partial charge in [0.1, 0.15) is 5.56 Å². The molecule has 1 aliphatic rings. The van der Waals surface area contributed by atoms with Crippen molar-refractivity contribution in [2.75, 3.05) is 43.9 Å². The Kier molecular flexibility index (Phi) is 12.1. The first-order chi connectivity index (χ1) is 25.1. The van der Waals surface area contributed by atoms with Crippen molar-refractivity contribution in [3.05, 3.63) is 123 Å². The lowest BCUT2D eigenvalue weighted by Crippen LogP contribution is -2.44. The minimum Gasteiger partial charge on any atom is -0.366 e. The maximum Gasteiger partial charge on any atom is 0.416 e. The van der Waals surface area contributed by atoms with E-state index in [1.807, 2.05) is 36.4 Å². The van der Waals surface area contributed by atoms with Crippen LogP contribution in [0.15, 0.2) is 72.4 Å². The number of anilines is 3. The molecule has 0 bridgehead atoms. The lowest BCUT2D eigenvalue weighted by Gasteiger charge is -2.32. The summed E-state index contributed by atoms with van der Waals surface area (Å²) in [7, 11) is 1.91. The number of halogens is 7. The fourth-order valence-corrected chi connectivity index (χ4v) is 5.95. The van der Waals surface area contributed by atoms with Gasteiger partial charge in [0.15, 0.2) is 28.4 Å². The number of nitrogens with zero attached hydrogens (tertiary/aromatic N) is 4. The summed E-state index contributed by atoms with van der Waals surface area (Å²) in [4.78, 5) is 35.8. The molecule has 0 spiro atoms. The molecule has 4 N–H and O–H groups in total. The highest BCUT2D eigenvalue weighted by molar-refractivity contribution is 7.14. The number of nitrogens with one attached hydrogen (secondary N) is 2. The van der Waals surface area contributed by atoms with Crippen molar-refractivity contribution >= 4 is 39.7 Å². The van der Waals surface area contributed by atoms with Crippen molar-refractivity contribution in [2.45, 2.75) is 19.6 Å². The van der Waals surface area contributed by atoms with E-state index in [2.05, 4.69) is 20.6 Å². The maximum atomic E-state index is 15.0. The lowest BCUT2D eigenvalue weighted by atomic mass is 10.1. The molecule has 0 atom stereocenters. The molecule has 6 rings (SSSR count). The van der Waals surface area contributed by atoms with Crippen LogP contribution in [-0.4, -0.2) is 64.8 Å². The van der Waals surface area contributed by atoms with E-state index in [-0.39, 0.29) is 17.8 Å². The summed E-state index contributed by atoms with van der Waals surface area (Å²) in [5, 5.41) is 7.95. The first-order valence-corrected chi connectivity index (χ1v) is 16.8. The van der Waals surface area contributed by atoms with E-state index >= 15 is 0 Å². The Morgan fingerprint density at radius 1 is 0.925 bits per heavy atom. The summed E-state index contributed by atoms with van der Waals surface area (Å²) in [6, 6.07) is 12.4. The van der Waals surface area contributed by atoms with E-state index in [0.29, 0.717) is 37.0 Å². The normalized spacial score (nSPS) is 13.6. The average molecular weight is 760 g/mol. The van der Waals surface area contributed by atoms with Gasteiger partial charge in [0, 0.05) is 78.6 Å². The molecule has 1 saturated heterocycles. The van der Waals surface area contributed by atoms with Gasteiger partial charge in [-0.15, -0.1) is 11.3 Å². The summed E-state index contributed by atoms with van der Waals surface area (Å²) < 4.78 is 95.9. The van der Waals surface area contributed by atoms with Crippen LogP contribution in [0.2, 0.25) is 0 Å². The van der Waals surface area contributed by atoms with Crippen LogP contribution in [0.4, 0.5) is 47.2 Å². The first kappa shape index (κ1) is 38.8. The summed E-state index contributed by atoms with van der Waals surface area (Å²) in [6.07, 6.45) is -1.07. The van der Waals surface area contributed by atoms with E-state index in [1.165, 1.54) is 23.5 Å². The Balaban J connectivity index is 0.000000352. The second kappa shape index (κ2) is 16.5. The highest BCUT2D eigenvalue weighted by Crippen LogP contribution is 2.32. The fourth-order valence-electron chi connectivity index (χ4n) is 5.21. The van der Waals surface area contributed by atoms with E-state index in [1.54, 1.807) is 29.4 Å². The molecule has 2 aromatic heterocycles. The third-order valence-corrected chi connectivity index (χ3v) is 8.99. The molecule has 3 heterocycles. The van der Waals surface area contributed by atoms with E-state index in [9.17, 15) is 40.3 Å². The first-order valence-electron chi connectivity index (χ1n) is 15.9. The molecule has 0 saturated carbocycles. The number of piperazine rings is 1. The summed E-state index contributed by atoms with van der Waals surface area (Å²) in [5.41, 5.74) is 4.89. The molecule has 3 aromatic carbocycles. The maximum absolute atomic E-state index is 15.0. The predicted octanol–water partition coefficient (Wildman–Crippen LogP) is 7.62. The Hall–Kier alpha value is -5.39. The Labute approximate surface area is 303 Å². The topological polar surface area (TPSA) is 116 Å². The second-order valence-electron chi connectivity index (χ2n) is 12.0. The fraction of sp³-hybridized carbons (Fsp3) is 0.222. The van der Waals surface area contributed by atoms with Crippen molar-refractivity contribution in [1.82, 2.24) is 19.8 Å². The molecule has 0 radical (unpaired) electrons. The number of aromatic nitrogens is 2. The quantitative estimate of drug-likeness (QED) is 0.110. The van der Waals surface area contributed by atoms with Crippen molar-refractivity contribution in [1.29, 1.82) is 0 Å². The number of carbonyl (C=O) groups is 2. The zero-order chi connectivity index (χ0) is 38.4. The molecular weight excluding hydrogens is 727 g/mol. The number of amides is 2. The van der Waals surface area contributed by atoms with Crippen LogP contribution in [0.5, 0.6) is 0 Å². The number of carbonyl (C=O) groups excluding carboxylic acids is 2. The van der Waals surface area contributed by atoms with E-state index < -0.39 is 57.9 Å². The van der Waals surface area contributed by atoms with Gasteiger partial charge in [0.2, 0.25) is 5.91 Å². The van der Waals surface area contributed by atoms with Gasteiger partial charge in [0.25, 0.3) is 5.91 Å². The smallest absolute Gasteiger partial charge is 0.366 e. The Morgan fingerprint density at radius 2 is 1.62 bits per heavy atom. The average Bonchev–Trinajstić information content (AvgIpc) is 3.60. The molecule has 0 aliphatic carbocycles. The Morgan fingerprint density at radius 3 is 2.25 bits per heavy atom. The van der Waals surface area contributed by atoms with Crippen LogP contribution in [0.1, 0.15) is 37.4 Å². The van der Waals surface area contributed by atoms with Crippen LogP contribution in [-0.2, 0) is 12.7 Å².